The number of rotatable bonds is 11. The molecular weight excluding hydrogens is 470 g/mol. The third-order valence-electron chi connectivity index (χ3n) is 5.84. The summed E-state index contributed by atoms with van der Waals surface area (Å²) in [6.07, 6.45) is 0.984. The van der Waals surface area contributed by atoms with Gasteiger partial charge in [-0.15, -0.1) is 0 Å². The summed E-state index contributed by atoms with van der Waals surface area (Å²) in [5.41, 5.74) is 2.40. The Bertz CT molecular complexity index is 1050. The van der Waals surface area contributed by atoms with Gasteiger partial charge in [0.05, 0.1) is 44.6 Å². The number of allylic oxidation sites excluding steroid dienone is 1. The van der Waals surface area contributed by atoms with Crippen LogP contribution in [0, 0.1) is 0 Å². The number of benzene rings is 1. The lowest BCUT2D eigenvalue weighted by molar-refractivity contribution is -0.141. The van der Waals surface area contributed by atoms with Crippen LogP contribution in [0.5, 0.6) is 11.5 Å². The van der Waals surface area contributed by atoms with Gasteiger partial charge in [0.15, 0.2) is 5.17 Å². The number of amidine groups is 1. The number of hydrogen-bond donors (Lipinski definition) is 1. The predicted molar refractivity (Wildman–Crippen MR) is 135 cm³/mol. The van der Waals surface area contributed by atoms with Crippen LogP contribution in [-0.2, 0) is 19.1 Å². The quantitative estimate of drug-likeness (QED) is 0.360. The third kappa shape index (κ3) is 5.99. The molecule has 3 rings (SSSR count). The molecule has 0 unspecified atom stereocenters. The Morgan fingerprint density at radius 2 is 1.97 bits per heavy atom. The Morgan fingerprint density at radius 3 is 2.63 bits per heavy atom. The minimum atomic E-state index is -0.601. The van der Waals surface area contributed by atoms with Crippen molar-refractivity contribution >= 4 is 28.8 Å². The zero-order valence-electron chi connectivity index (χ0n) is 21.0. The van der Waals surface area contributed by atoms with Gasteiger partial charge in [0.25, 0.3) is 0 Å². The SMILES string of the molecule is CC[C@H](C)NC(=O)CC1=CSC2=NC(C)=C(C(=O)OCCOC)[C@H](c3ccc(OC)cc3OC)N12. The fourth-order valence-electron chi connectivity index (χ4n) is 3.86. The molecule has 2 aliphatic heterocycles. The molecule has 0 spiro atoms. The molecule has 2 heterocycles. The number of nitrogens with zero attached hydrogens (tertiary/aromatic N) is 2. The van der Waals surface area contributed by atoms with E-state index in [1.54, 1.807) is 34.3 Å². The lowest BCUT2D eigenvalue weighted by atomic mass is 9.93. The molecule has 2 atom stereocenters. The number of fused-ring (bicyclic) bond motifs is 1. The van der Waals surface area contributed by atoms with Crippen LogP contribution >= 0.6 is 11.8 Å². The Labute approximate surface area is 210 Å². The fraction of sp³-hybridized carbons (Fsp3) is 0.480. The van der Waals surface area contributed by atoms with Crippen LogP contribution < -0.4 is 14.8 Å². The largest absolute Gasteiger partial charge is 0.497 e. The van der Waals surface area contributed by atoms with Crippen molar-refractivity contribution in [1.29, 1.82) is 0 Å². The second kappa shape index (κ2) is 12.1. The number of nitrogens with one attached hydrogen (secondary N) is 1. The molecule has 0 bridgehead atoms. The number of ether oxygens (including phenoxy) is 4. The van der Waals surface area contributed by atoms with Gasteiger partial charge in [-0.05, 0) is 37.8 Å². The number of methoxy groups -OCH3 is 3. The topological polar surface area (TPSA) is 98.7 Å². The number of amides is 1. The maximum atomic E-state index is 13.3. The van der Waals surface area contributed by atoms with Crippen LogP contribution in [0.25, 0.3) is 0 Å². The van der Waals surface area contributed by atoms with Crippen molar-refractivity contribution in [2.24, 2.45) is 4.99 Å². The normalized spacial score (nSPS) is 17.9. The number of hydrogen-bond acceptors (Lipinski definition) is 9. The van der Waals surface area contributed by atoms with Crippen LogP contribution in [0.4, 0.5) is 0 Å². The Balaban J connectivity index is 2.05. The van der Waals surface area contributed by atoms with E-state index in [2.05, 4.69) is 10.3 Å². The predicted octanol–water partition coefficient (Wildman–Crippen LogP) is 3.77. The highest BCUT2D eigenvalue weighted by atomic mass is 32.2. The molecule has 1 amide bonds. The zero-order valence-corrected chi connectivity index (χ0v) is 21.9. The lowest BCUT2D eigenvalue weighted by Gasteiger charge is -2.37. The van der Waals surface area contributed by atoms with E-state index in [9.17, 15) is 9.59 Å². The summed E-state index contributed by atoms with van der Waals surface area (Å²) in [5.74, 6) is 0.583. The summed E-state index contributed by atoms with van der Waals surface area (Å²) in [4.78, 5) is 32.6. The highest BCUT2D eigenvalue weighted by molar-refractivity contribution is 8.16. The number of carbonyl (C=O) groups is 2. The Kier molecular flexibility index (Phi) is 9.22. The minimum Gasteiger partial charge on any atom is -0.497 e. The molecule has 2 aliphatic rings. The molecular formula is C25H33N3O6S. The average molecular weight is 504 g/mol. The molecule has 1 aromatic carbocycles. The highest BCUT2D eigenvalue weighted by Crippen LogP contribution is 2.47. The van der Waals surface area contributed by atoms with Crippen molar-refractivity contribution in [3.05, 3.63) is 46.1 Å². The van der Waals surface area contributed by atoms with Gasteiger partial charge in [0.1, 0.15) is 18.1 Å². The fourth-order valence-corrected chi connectivity index (χ4v) is 4.82. The van der Waals surface area contributed by atoms with E-state index in [0.29, 0.717) is 27.9 Å². The summed E-state index contributed by atoms with van der Waals surface area (Å²) in [6.45, 7) is 6.17. The number of esters is 1. The average Bonchev–Trinajstić information content (AvgIpc) is 3.24. The van der Waals surface area contributed by atoms with E-state index in [1.165, 1.54) is 11.8 Å². The number of thioether (sulfide) groups is 1. The molecule has 35 heavy (non-hydrogen) atoms. The van der Waals surface area contributed by atoms with E-state index in [1.807, 2.05) is 36.3 Å². The van der Waals surface area contributed by atoms with E-state index in [-0.39, 0.29) is 31.6 Å². The van der Waals surface area contributed by atoms with E-state index in [4.69, 9.17) is 18.9 Å². The van der Waals surface area contributed by atoms with Crippen LogP contribution in [0.1, 0.15) is 45.2 Å². The lowest BCUT2D eigenvalue weighted by Crippen LogP contribution is -2.39. The molecule has 190 valence electrons. The van der Waals surface area contributed by atoms with Crippen molar-refractivity contribution in [1.82, 2.24) is 10.2 Å². The van der Waals surface area contributed by atoms with Gasteiger partial charge < -0.3 is 29.2 Å². The van der Waals surface area contributed by atoms with Crippen LogP contribution in [0.3, 0.4) is 0 Å². The second-order valence-electron chi connectivity index (χ2n) is 8.18. The summed E-state index contributed by atoms with van der Waals surface area (Å²) < 4.78 is 21.6. The molecule has 10 heteroatoms. The van der Waals surface area contributed by atoms with Gasteiger partial charge in [0, 0.05) is 30.5 Å². The first-order chi connectivity index (χ1) is 16.8. The van der Waals surface area contributed by atoms with Crippen molar-refractivity contribution in [2.75, 3.05) is 34.5 Å². The van der Waals surface area contributed by atoms with E-state index < -0.39 is 12.0 Å². The first-order valence-corrected chi connectivity index (χ1v) is 12.3. The molecule has 0 aliphatic carbocycles. The summed E-state index contributed by atoms with van der Waals surface area (Å²) >= 11 is 1.42. The molecule has 0 radical (unpaired) electrons. The zero-order chi connectivity index (χ0) is 25.5. The van der Waals surface area contributed by atoms with Crippen LogP contribution in [-0.4, -0.2) is 62.5 Å². The van der Waals surface area contributed by atoms with E-state index in [0.717, 1.165) is 17.7 Å². The van der Waals surface area contributed by atoms with Crippen molar-refractivity contribution in [3.8, 4) is 11.5 Å². The summed E-state index contributed by atoms with van der Waals surface area (Å²) in [5, 5.41) is 5.60. The third-order valence-corrected chi connectivity index (χ3v) is 6.73. The van der Waals surface area contributed by atoms with Crippen LogP contribution in [0.15, 0.2) is 45.6 Å². The molecule has 9 nitrogen and oxygen atoms in total. The first kappa shape index (κ1) is 26.6. The maximum Gasteiger partial charge on any atom is 0.338 e. The van der Waals surface area contributed by atoms with Gasteiger partial charge in [-0.2, -0.15) is 0 Å². The van der Waals surface area contributed by atoms with Crippen molar-refractivity contribution in [3.63, 3.8) is 0 Å². The second-order valence-corrected chi connectivity index (χ2v) is 9.02. The number of aliphatic imine (C=N–C) groups is 1. The van der Waals surface area contributed by atoms with Gasteiger partial charge in [-0.3, -0.25) is 4.79 Å². The standard InChI is InChI=1S/C25H33N3O6S/c1-7-15(2)26-21(29)12-17-14-35-25-27-16(3)22(24(30)34-11-10-31-4)23(28(17)25)19-9-8-18(32-5)13-20(19)33-6/h8-9,13-15,23H,7,10-12H2,1-6H3,(H,26,29)/t15-,23-/m0/s1. The highest BCUT2D eigenvalue weighted by Gasteiger charge is 2.42. The summed E-state index contributed by atoms with van der Waals surface area (Å²) in [6, 6.07) is 4.91. The summed E-state index contributed by atoms with van der Waals surface area (Å²) in [7, 11) is 4.69. The first-order valence-electron chi connectivity index (χ1n) is 11.5. The Morgan fingerprint density at radius 1 is 1.20 bits per heavy atom. The van der Waals surface area contributed by atoms with Crippen LogP contribution in [0.2, 0.25) is 0 Å². The van der Waals surface area contributed by atoms with Gasteiger partial charge in [-0.1, -0.05) is 18.7 Å². The monoisotopic (exact) mass is 503 g/mol. The van der Waals surface area contributed by atoms with Gasteiger partial charge in [0.2, 0.25) is 5.91 Å². The van der Waals surface area contributed by atoms with Crippen molar-refractivity contribution < 1.29 is 28.5 Å². The molecule has 0 fully saturated rings. The van der Waals surface area contributed by atoms with Gasteiger partial charge in [-0.25, -0.2) is 9.79 Å². The maximum absolute atomic E-state index is 13.3. The molecule has 0 saturated carbocycles. The Hall–Kier alpha value is -2.98. The van der Waals surface area contributed by atoms with Crippen molar-refractivity contribution in [2.45, 2.75) is 45.7 Å². The molecule has 0 aromatic heterocycles. The minimum absolute atomic E-state index is 0.0672. The smallest absolute Gasteiger partial charge is 0.338 e. The van der Waals surface area contributed by atoms with Gasteiger partial charge >= 0.3 is 5.97 Å². The number of carbonyl (C=O) groups excluding carboxylic acids is 2. The molecule has 1 N–H and O–H groups in total. The molecule has 0 saturated heterocycles. The molecule has 1 aromatic rings. The van der Waals surface area contributed by atoms with E-state index >= 15 is 0 Å².